The van der Waals surface area contributed by atoms with Crippen molar-refractivity contribution in [2.45, 2.75) is 71.3 Å². The van der Waals surface area contributed by atoms with Gasteiger partial charge in [-0.05, 0) is 95.0 Å². The average Bonchev–Trinajstić information content (AvgIpc) is 3.47. The van der Waals surface area contributed by atoms with E-state index in [0.717, 1.165) is 45.7 Å². The third-order valence-electron chi connectivity index (χ3n) is 9.12. The van der Waals surface area contributed by atoms with Crippen LogP contribution in [0.2, 0.25) is 0 Å². The number of piperazine rings is 1. The van der Waals surface area contributed by atoms with E-state index in [1.54, 1.807) is 11.3 Å². The zero-order valence-corrected chi connectivity index (χ0v) is 23.8. The Morgan fingerprint density at radius 2 is 1.73 bits per heavy atom. The first-order valence-electron chi connectivity index (χ1n) is 14.3. The standard InChI is InChI=1S/C31H42N4OS/c1-20-15-21(2)17-23(16-20)28-25(9-12-34-13-10-32-11-14-34)26-18-27(37-29(26)33-28)31(3,4)30(36)35-19-22-5-7-24(35)8-6-22/h15-18,22,24,32-33H,5-14,19H2,1-4H3. The number of rotatable bonds is 6. The van der Waals surface area contributed by atoms with Crippen LogP contribution in [0.5, 0.6) is 0 Å². The maximum Gasteiger partial charge on any atom is 0.233 e. The predicted molar refractivity (Wildman–Crippen MR) is 155 cm³/mol. The summed E-state index contributed by atoms with van der Waals surface area (Å²) in [7, 11) is 0. The van der Waals surface area contributed by atoms with Gasteiger partial charge in [0.2, 0.25) is 5.91 Å². The Kier molecular flexibility index (Phi) is 6.70. The van der Waals surface area contributed by atoms with Gasteiger partial charge >= 0.3 is 0 Å². The number of fused-ring (bicyclic) bond motifs is 4. The van der Waals surface area contributed by atoms with E-state index >= 15 is 0 Å². The second-order valence-electron chi connectivity index (χ2n) is 12.3. The van der Waals surface area contributed by atoms with Gasteiger partial charge in [-0.1, -0.05) is 17.2 Å². The lowest BCUT2D eigenvalue weighted by molar-refractivity contribution is -0.143. The maximum absolute atomic E-state index is 13.9. The van der Waals surface area contributed by atoms with Crippen molar-refractivity contribution in [3.63, 3.8) is 0 Å². The van der Waals surface area contributed by atoms with Crippen molar-refractivity contribution in [1.82, 2.24) is 20.1 Å². The normalized spacial score (nSPS) is 22.8. The summed E-state index contributed by atoms with van der Waals surface area (Å²) in [5.41, 5.74) is 6.03. The Morgan fingerprint density at radius 1 is 1.03 bits per heavy atom. The molecule has 1 aliphatic carbocycles. The lowest BCUT2D eigenvalue weighted by Gasteiger charge is -2.47. The first-order chi connectivity index (χ1) is 17.8. The quantitative estimate of drug-likeness (QED) is 0.444. The van der Waals surface area contributed by atoms with Gasteiger partial charge in [0.05, 0.1) is 11.1 Å². The second-order valence-corrected chi connectivity index (χ2v) is 13.4. The highest BCUT2D eigenvalue weighted by molar-refractivity contribution is 7.19. The zero-order chi connectivity index (χ0) is 25.7. The molecule has 2 aromatic heterocycles. The number of thiophene rings is 1. The molecule has 4 fully saturated rings. The first kappa shape index (κ1) is 25.1. The highest BCUT2D eigenvalue weighted by Gasteiger charge is 2.43. The van der Waals surface area contributed by atoms with Crippen molar-refractivity contribution in [3.05, 3.63) is 45.8 Å². The van der Waals surface area contributed by atoms with Crippen LogP contribution in [0.25, 0.3) is 21.5 Å². The summed E-state index contributed by atoms with van der Waals surface area (Å²) in [6, 6.07) is 9.64. The van der Waals surface area contributed by atoms with Crippen molar-refractivity contribution in [2.75, 3.05) is 39.3 Å². The number of aromatic nitrogens is 1. The lowest BCUT2D eigenvalue weighted by Crippen LogP contribution is -2.55. The van der Waals surface area contributed by atoms with Gasteiger partial charge in [0.1, 0.15) is 4.83 Å². The molecule has 0 spiro atoms. The van der Waals surface area contributed by atoms with E-state index < -0.39 is 5.41 Å². The Balaban J connectivity index is 1.35. The van der Waals surface area contributed by atoms with Crippen LogP contribution in [-0.4, -0.2) is 66.0 Å². The van der Waals surface area contributed by atoms with Gasteiger partial charge in [-0.25, -0.2) is 0 Å². The molecule has 3 saturated heterocycles. The van der Waals surface area contributed by atoms with Crippen LogP contribution in [0.15, 0.2) is 24.3 Å². The van der Waals surface area contributed by atoms with Crippen LogP contribution in [-0.2, 0) is 16.6 Å². The number of H-pyrrole nitrogens is 1. The van der Waals surface area contributed by atoms with Crippen LogP contribution >= 0.6 is 11.3 Å². The molecule has 6 heteroatoms. The molecule has 1 amide bonds. The van der Waals surface area contributed by atoms with Gasteiger partial charge in [-0.15, -0.1) is 11.3 Å². The number of benzene rings is 1. The Labute approximate surface area is 225 Å². The van der Waals surface area contributed by atoms with Crippen LogP contribution in [0, 0.1) is 19.8 Å². The summed E-state index contributed by atoms with van der Waals surface area (Å²) in [4.78, 5) is 24.9. The van der Waals surface area contributed by atoms with E-state index in [-0.39, 0.29) is 0 Å². The molecule has 3 aromatic rings. The molecule has 0 atom stereocenters. The summed E-state index contributed by atoms with van der Waals surface area (Å²) >= 11 is 1.79. The molecule has 3 aliphatic heterocycles. The topological polar surface area (TPSA) is 51.4 Å². The third-order valence-corrected chi connectivity index (χ3v) is 10.5. The van der Waals surface area contributed by atoms with Crippen LogP contribution < -0.4 is 5.32 Å². The predicted octanol–water partition coefficient (Wildman–Crippen LogP) is 5.64. The monoisotopic (exact) mass is 518 g/mol. The minimum atomic E-state index is -0.502. The number of nitrogens with one attached hydrogen (secondary N) is 2. The highest BCUT2D eigenvalue weighted by atomic mass is 32.1. The fourth-order valence-electron chi connectivity index (χ4n) is 6.95. The van der Waals surface area contributed by atoms with Gasteiger partial charge < -0.3 is 20.1 Å². The number of carbonyl (C=O) groups excluding carboxylic acids is 1. The van der Waals surface area contributed by atoms with E-state index in [9.17, 15) is 4.79 Å². The number of piperidine rings is 2. The Morgan fingerprint density at radius 3 is 2.38 bits per heavy atom. The minimum absolute atomic E-state index is 0.322. The summed E-state index contributed by atoms with van der Waals surface area (Å²) in [6.07, 6.45) is 5.99. The summed E-state index contributed by atoms with van der Waals surface area (Å²) < 4.78 is 0. The molecule has 2 bridgehead atoms. The van der Waals surface area contributed by atoms with Gasteiger partial charge in [-0.2, -0.15) is 0 Å². The van der Waals surface area contributed by atoms with E-state index in [1.165, 1.54) is 68.7 Å². The molecule has 7 rings (SSSR count). The van der Waals surface area contributed by atoms with E-state index in [2.05, 4.69) is 72.1 Å². The zero-order valence-electron chi connectivity index (χ0n) is 23.0. The summed E-state index contributed by atoms with van der Waals surface area (Å²) in [5.74, 6) is 1.03. The molecule has 1 saturated carbocycles. The minimum Gasteiger partial charge on any atom is -0.346 e. The Hall–Kier alpha value is -2.15. The molecule has 198 valence electrons. The van der Waals surface area contributed by atoms with Crippen molar-refractivity contribution in [1.29, 1.82) is 0 Å². The first-order valence-corrected chi connectivity index (χ1v) is 15.1. The van der Waals surface area contributed by atoms with E-state index in [4.69, 9.17) is 0 Å². The fraction of sp³-hybridized carbons (Fsp3) is 0.581. The summed E-state index contributed by atoms with van der Waals surface area (Å²) in [6.45, 7) is 15.1. The molecule has 0 unspecified atom stereocenters. The molecular formula is C31H42N4OS. The smallest absolute Gasteiger partial charge is 0.233 e. The molecule has 4 aliphatic rings. The molecule has 0 radical (unpaired) electrons. The number of carbonyl (C=O) groups is 1. The molecular weight excluding hydrogens is 476 g/mol. The summed E-state index contributed by atoms with van der Waals surface area (Å²) in [5, 5.41) is 4.78. The number of hydrogen-bond donors (Lipinski definition) is 2. The maximum atomic E-state index is 13.9. The average molecular weight is 519 g/mol. The van der Waals surface area contributed by atoms with E-state index in [0.29, 0.717) is 17.9 Å². The number of nitrogens with zero attached hydrogens (tertiary/aromatic N) is 2. The second kappa shape index (κ2) is 9.87. The third kappa shape index (κ3) is 4.77. The Bertz CT molecular complexity index is 1270. The van der Waals surface area contributed by atoms with Crippen molar-refractivity contribution < 1.29 is 4.79 Å². The fourth-order valence-corrected chi connectivity index (χ4v) is 8.13. The van der Waals surface area contributed by atoms with E-state index in [1.807, 2.05) is 0 Å². The number of hydrogen-bond acceptors (Lipinski definition) is 4. The molecule has 37 heavy (non-hydrogen) atoms. The molecule has 2 N–H and O–H groups in total. The lowest BCUT2D eigenvalue weighted by atomic mass is 9.78. The number of aromatic amines is 1. The van der Waals surface area contributed by atoms with Crippen molar-refractivity contribution in [3.8, 4) is 11.3 Å². The van der Waals surface area contributed by atoms with Gasteiger partial charge in [0.25, 0.3) is 0 Å². The molecule has 5 nitrogen and oxygen atoms in total. The number of amides is 1. The molecule has 1 aromatic carbocycles. The SMILES string of the molecule is Cc1cc(C)cc(-c2[nH]c3sc(C(C)(C)C(=O)N4CC5CCC4CC5)cc3c2CCN2CCNCC2)c1. The largest absolute Gasteiger partial charge is 0.346 e. The van der Waals surface area contributed by atoms with Crippen LogP contribution in [0.4, 0.5) is 0 Å². The molecule has 5 heterocycles. The van der Waals surface area contributed by atoms with Crippen LogP contribution in [0.1, 0.15) is 61.1 Å². The van der Waals surface area contributed by atoms with Gasteiger partial charge in [-0.3, -0.25) is 4.79 Å². The van der Waals surface area contributed by atoms with Crippen molar-refractivity contribution in [2.24, 2.45) is 5.92 Å². The number of aryl methyl sites for hydroxylation is 2. The van der Waals surface area contributed by atoms with Crippen molar-refractivity contribution >= 4 is 27.5 Å². The highest BCUT2D eigenvalue weighted by Crippen LogP contribution is 2.43. The van der Waals surface area contributed by atoms with Gasteiger partial charge in [0.15, 0.2) is 0 Å². The van der Waals surface area contributed by atoms with Crippen LogP contribution in [0.3, 0.4) is 0 Å². The van der Waals surface area contributed by atoms with Gasteiger partial charge in [0, 0.05) is 55.6 Å².